The first-order valence-corrected chi connectivity index (χ1v) is 2.84. The lowest BCUT2D eigenvalue weighted by Gasteiger charge is -1.92. The van der Waals surface area contributed by atoms with Crippen molar-refractivity contribution in [1.29, 1.82) is 0 Å². The summed E-state index contributed by atoms with van der Waals surface area (Å²) in [6.45, 7) is 0.449. The molecule has 0 amide bonds. The molecule has 1 heterocycles. The van der Waals surface area contributed by atoms with Crippen LogP contribution in [0.4, 0.5) is 0 Å². The van der Waals surface area contributed by atoms with E-state index in [1.165, 1.54) is 0 Å². The van der Waals surface area contributed by atoms with Gasteiger partial charge in [0.2, 0.25) is 5.82 Å². The van der Waals surface area contributed by atoms with Crippen molar-refractivity contribution in [2.75, 3.05) is 0 Å². The van der Waals surface area contributed by atoms with Gasteiger partial charge in [0.25, 0.3) is 0 Å². The molecule has 0 atom stereocenters. The molecule has 0 aliphatic heterocycles. The van der Waals surface area contributed by atoms with E-state index in [2.05, 4.69) is 15.9 Å². The van der Waals surface area contributed by atoms with Crippen molar-refractivity contribution in [3.8, 4) is 12.3 Å². The van der Waals surface area contributed by atoms with Gasteiger partial charge in [0, 0.05) is 24.5 Å². The molecule has 3 nitrogen and oxygen atoms in total. The average molecular weight is 133 g/mol. The summed E-state index contributed by atoms with van der Waals surface area (Å²) >= 11 is 0. The lowest BCUT2D eigenvalue weighted by Crippen LogP contribution is -1.98. The van der Waals surface area contributed by atoms with E-state index in [-0.39, 0.29) is 0 Å². The smallest absolute Gasteiger partial charge is 0.204 e. The molecule has 0 aliphatic carbocycles. The van der Waals surface area contributed by atoms with Gasteiger partial charge in [-0.05, 0) is 5.92 Å². The Hall–Kier alpha value is -1.40. The summed E-state index contributed by atoms with van der Waals surface area (Å²) < 4.78 is 0. The normalized spacial score (nSPS) is 8.80. The second-order valence-corrected chi connectivity index (χ2v) is 1.76. The zero-order valence-corrected chi connectivity index (χ0v) is 5.41. The summed E-state index contributed by atoms with van der Waals surface area (Å²) in [7, 11) is 0. The van der Waals surface area contributed by atoms with E-state index >= 15 is 0 Å². The zero-order valence-electron chi connectivity index (χ0n) is 5.41. The monoisotopic (exact) mass is 133 g/mol. The summed E-state index contributed by atoms with van der Waals surface area (Å²) in [6, 6.07) is 0. The van der Waals surface area contributed by atoms with Gasteiger partial charge in [-0.3, -0.25) is 0 Å². The molecule has 0 spiro atoms. The predicted molar refractivity (Wildman–Crippen MR) is 37.9 cm³/mol. The van der Waals surface area contributed by atoms with E-state index in [9.17, 15) is 0 Å². The topological polar surface area (TPSA) is 51.8 Å². The molecular formula is C7H7N3. The van der Waals surface area contributed by atoms with Gasteiger partial charge in [-0.25, -0.2) is 9.97 Å². The third-order valence-electron chi connectivity index (χ3n) is 1.07. The SMILES string of the molecule is C#Cc1ncc(CN)cn1. The van der Waals surface area contributed by atoms with Gasteiger partial charge in [-0.2, -0.15) is 0 Å². The minimum Gasteiger partial charge on any atom is -0.326 e. The highest BCUT2D eigenvalue weighted by molar-refractivity contribution is 5.16. The number of nitrogens with zero attached hydrogens (tertiary/aromatic N) is 2. The Labute approximate surface area is 59.3 Å². The van der Waals surface area contributed by atoms with Crippen molar-refractivity contribution in [3.05, 3.63) is 23.8 Å². The molecule has 0 bridgehead atoms. The van der Waals surface area contributed by atoms with E-state index in [0.717, 1.165) is 5.56 Å². The van der Waals surface area contributed by atoms with Gasteiger partial charge in [0.05, 0.1) is 0 Å². The number of nitrogens with two attached hydrogens (primary N) is 1. The standard InChI is InChI=1S/C7H7N3/c1-2-7-9-4-6(3-8)5-10-7/h1,4-5H,3,8H2. The maximum Gasteiger partial charge on any atom is 0.204 e. The largest absolute Gasteiger partial charge is 0.326 e. The third kappa shape index (κ3) is 1.30. The van der Waals surface area contributed by atoms with E-state index in [0.29, 0.717) is 12.4 Å². The molecule has 0 fully saturated rings. The average Bonchev–Trinajstić information content (AvgIpc) is 2.05. The Morgan fingerprint density at radius 1 is 1.50 bits per heavy atom. The van der Waals surface area contributed by atoms with E-state index in [1.807, 2.05) is 0 Å². The quantitative estimate of drug-likeness (QED) is 0.545. The minimum atomic E-state index is 0.400. The van der Waals surface area contributed by atoms with E-state index < -0.39 is 0 Å². The number of hydrogen-bond donors (Lipinski definition) is 1. The second-order valence-electron chi connectivity index (χ2n) is 1.76. The number of aromatic nitrogens is 2. The predicted octanol–water partition coefficient (Wildman–Crippen LogP) is -0.0834. The molecule has 0 saturated carbocycles. The summed E-state index contributed by atoms with van der Waals surface area (Å²) in [5, 5.41) is 0. The van der Waals surface area contributed by atoms with Crippen LogP contribution in [0.2, 0.25) is 0 Å². The van der Waals surface area contributed by atoms with Gasteiger partial charge in [0.15, 0.2) is 0 Å². The summed E-state index contributed by atoms with van der Waals surface area (Å²) in [5.74, 6) is 2.72. The van der Waals surface area contributed by atoms with Crippen LogP contribution in [-0.4, -0.2) is 9.97 Å². The first-order chi connectivity index (χ1) is 4.86. The van der Waals surface area contributed by atoms with Gasteiger partial charge in [-0.15, -0.1) is 6.42 Å². The minimum absolute atomic E-state index is 0.400. The van der Waals surface area contributed by atoms with Crippen LogP contribution in [0.5, 0.6) is 0 Å². The summed E-state index contributed by atoms with van der Waals surface area (Å²) in [5.41, 5.74) is 6.20. The molecule has 0 aliphatic rings. The third-order valence-corrected chi connectivity index (χ3v) is 1.07. The highest BCUT2D eigenvalue weighted by atomic mass is 14.8. The van der Waals surface area contributed by atoms with E-state index in [4.69, 9.17) is 12.2 Å². The van der Waals surface area contributed by atoms with Crippen LogP contribution < -0.4 is 5.73 Å². The van der Waals surface area contributed by atoms with Crippen LogP contribution in [0.25, 0.3) is 0 Å². The van der Waals surface area contributed by atoms with Crippen molar-refractivity contribution >= 4 is 0 Å². The molecule has 0 unspecified atom stereocenters. The summed E-state index contributed by atoms with van der Waals surface area (Å²) in [6.07, 6.45) is 8.29. The lowest BCUT2D eigenvalue weighted by atomic mass is 10.3. The second kappa shape index (κ2) is 2.95. The highest BCUT2D eigenvalue weighted by Gasteiger charge is 1.89. The fraction of sp³-hybridized carbons (Fsp3) is 0.143. The fourth-order valence-corrected chi connectivity index (χ4v) is 0.535. The lowest BCUT2D eigenvalue weighted by molar-refractivity contribution is 0.996. The molecule has 2 N–H and O–H groups in total. The van der Waals surface area contributed by atoms with Crippen LogP contribution in [0.15, 0.2) is 12.4 Å². The Bertz CT molecular complexity index is 245. The maximum absolute atomic E-state index is 5.31. The molecule has 0 saturated heterocycles. The first-order valence-electron chi connectivity index (χ1n) is 2.84. The van der Waals surface area contributed by atoms with Crippen LogP contribution >= 0.6 is 0 Å². The number of hydrogen-bond acceptors (Lipinski definition) is 3. The van der Waals surface area contributed by atoms with Crippen molar-refractivity contribution in [3.63, 3.8) is 0 Å². The number of rotatable bonds is 1. The number of terminal acetylenes is 1. The van der Waals surface area contributed by atoms with Crippen molar-refractivity contribution < 1.29 is 0 Å². The highest BCUT2D eigenvalue weighted by Crippen LogP contribution is 1.91. The maximum atomic E-state index is 5.31. The molecule has 0 radical (unpaired) electrons. The van der Waals surface area contributed by atoms with Crippen LogP contribution in [0.3, 0.4) is 0 Å². The van der Waals surface area contributed by atoms with Crippen molar-refractivity contribution in [2.45, 2.75) is 6.54 Å². The van der Waals surface area contributed by atoms with Crippen LogP contribution in [0, 0.1) is 12.3 Å². The molecule has 3 heteroatoms. The Kier molecular flexibility index (Phi) is 1.98. The molecule has 0 aromatic carbocycles. The molecule has 50 valence electrons. The Morgan fingerprint density at radius 3 is 2.50 bits per heavy atom. The van der Waals surface area contributed by atoms with Crippen LogP contribution in [-0.2, 0) is 6.54 Å². The van der Waals surface area contributed by atoms with Crippen molar-refractivity contribution in [2.24, 2.45) is 5.73 Å². The zero-order chi connectivity index (χ0) is 7.40. The molecule has 1 aromatic rings. The molecule has 1 aromatic heterocycles. The Balaban J connectivity index is 2.93. The molecule has 10 heavy (non-hydrogen) atoms. The van der Waals surface area contributed by atoms with Gasteiger partial charge >= 0.3 is 0 Å². The summed E-state index contributed by atoms with van der Waals surface area (Å²) in [4.78, 5) is 7.68. The Morgan fingerprint density at radius 2 is 2.10 bits per heavy atom. The van der Waals surface area contributed by atoms with Gasteiger partial charge in [-0.1, -0.05) is 0 Å². The van der Waals surface area contributed by atoms with Gasteiger partial charge in [0.1, 0.15) is 0 Å². The van der Waals surface area contributed by atoms with Gasteiger partial charge < -0.3 is 5.73 Å². The molecular weight excluding hydrogens is 126 g/mol. The van der Waals surface area contributed by atoms with Crippen molar-refractivity contribution in [1.82, 2.24) is 9.97 Å². The first kappa shape index (κ1) is 6.72. The van der Waals surface area contributed by atoms with Crippen LogP contribution in [0.1, 0.15) is 11.4 Å². The van der Waals surface area contributed by atoms with E-state index in [1.54, 1.807) is 12.4 Å². The fourth-order valence-electron chi connectivity index (χ4n) is 0.535. The molecule has 1 rings (SSSR count).